The summed E-state index contributed by atoms with van der Waals surface area (Å²) in [5, 5.41) is 0.287. The van der Waals surface area contributed by atoms with Crippen LogP contribution in [-0.4, -0.2) is 14.9 Å². The number of fused-ring (bicyclic) bond motifs is 1. The zero-order valence-electron chi connectivity index (χ0n) is 18.5. The van der Waals surface area contributed by atoms with Crippen LogP contribution in [0.1, 0.15) is 84.4 Å². The summed E-state index contributed by atoms with van der Waals surface area (Å²) in [6, 6.07) is 4.88. The van der Waals surface area contributed by atoms with Gasteiger partial charge in [0, 0.05) is 11.1 Å². The molecular weight excluding hydrogens is 400 g/mol. The molecule has 0 unspecified atom stereocenters. The van der Waals surface area contributed by atoms with Crippen LogP contribution in [0.4, 0.5) is 0 Å². The van der Waals surface area contributed by atoms with Gasteiger partial charge in [-0.1, -0.05) is 70.5 Å². The van der Waals surface area contributed by atoms with E-state index in [0.717, 1.165) is 19.4 Å². The Balaban J connectivity index is 2.13. The predicted octanol–water partition coefficient (Wildman–Crippen LogP) is 7.75. The molecule has 1 nitrogen and oxygen atoms in total. The molecule has 0 aromatic heterocycles. The lowest BCUT2D eigenvalue weighted by molar-refractivity contribution is 0.282. The van der Waals surface area contributed by atoms with E-state index in [1.165, 1.54) is 28.4 Å². The summed E-state index contributed by atoms with van der Waals surface area (Å²) < 4.78 is 7.64. The number of halogens is 1. The second-order valence-corrected chi connectivity index (χ2v) is 16.6. The first-order chi connectivity index (χ1) is 11.7. The molecule has 26 heavy (non-hydrogen) atoms. The molecule has 1 aliphatic carbocycles. The first kappa shape index (κ1) is 22.2. The van der Waals surface area contributed by atoms with Gasteiger partial charge in [-0.25, -0.2) is 0 Å². The number of hydrogen-bond acceptors (Lipinski definition) is 1. The standard InChI is InChI=1S/C23H39BrOSi/c1-21(2,3)26(8,9)25-14-10-11-17-15-18-19(16-20(17)24)23(6,7)13-12-22(18,4)5/h15-16H,10-14H2,1-9H3. The molecule has 0 atom stereocenters. The maximum atomic E-state index is 6.37. The number of hydrogen-bond donors (Lipinski definition) is 0. The van der Waals surface area contributed by atoms with E-state index in [0.29, 0.717) is 0 Å². The average Bonchev–Trinajstić information content (AvgIpc) is 2.48. The summed E-state index contributed by atoms with van der Waals surface area (Å²) in [7, 11) is -1.63. The van der Waals surface area contributed by atoms with Gasteiger partial charge < -0.3 is 4.43 Å². The van der Waals surface area contributed by atoms with Crippen LogP contribution < -0.4 is 0 Å². The van der Waals surface area contributed by atoms with Crippen LogP contribution >= 0.6 is 15.9 Å². The molecule has 1 aliphatic rings. The SMILES string of the molecule is CC1(C)CCC(C)(C)c2cc(CCCO[Si](C)(C)C(C)(C)C)c(Br)cc21. The van der Waals surface area contributed by atoms with E-state index in [1.807, 2.05) is 0 Å². The molecule has 0 amide bonds. The normalized spacial score (nSPS) is 19.3. The van der Waals surface area contributed by atoms with Crippen molar-refractivity contribution in [1.82, 2.24) is 0 Å². The Kier molecular flexibility index (Phi) is 6.28. The number of rotatable bonds is 5. The highest BCUT2D eigenvalue weighted by atomic mass is 79.9. The lowest BCUT2D eigenvalue weighted by Gasteiger charge is -2.42. The van der Waals surface area contributed by atoms with Gasteiger partial charge in [0.1, 0.15) is 0 Å². The van der Waals surface area contributed by atoms with Crippen LogP contribution in [0.15, 0.2) is 16.6 Å². The van der Waals surface area contributed by atoms with Crippen molar-refractivity contribution >= 4 is 24.2 Å². The van der Waals surface area contributed by atoms with E-state index in [4.69, 9.17) is 4.43 Å². The molecule has 1 aromatic rings. The second kappa shape index (κ2) is 7.37. The van der Waals surface area contributed by atoms with Gasteiger partial charge in [-0.15, -0.1) is 0 Å². The van der Waals surface area contributed by atoms with E-state index in [2.05, 4.69) is 89.6 Å². The van der Waals surface area contributed by atoms with Crippen LogP contribution in [0.5, 0.6) is 0 Å². The first-order valence-electron chi connectivity index (χ1n) is 10.1. The third kappa shape index (κ3) is 4.64. The van der Waals surface area contributed by atoms with Gasteiger partial charge in [0.15, 0.2) is 8.32 Å². The molecule has 0 radical (unpaired) electrons. The Labute approximate surface area is 171 Å². The molecule has 0 spiro atoms. The maximum Gasteiger partial charge on any atom is 0.191 e. The topological polar surface area (TPSA) is 9.23 Å². The summed E-state index contributed by atoms with van der Waals surface area (Å²) in [5.74, 6) is 0. The van der Waals surface area contributed by atoms with Gasteiger partial charge in [0.2, 0.25) is 0 Å². The Bertz CT molecular complexity index is 653. The van der Waals surface area contributed by atoms with Crippen LogP contribution in [0.2, 0.25) is 18.1 Å². The quantitative estimate of drug-likeness (QED) is 0.337. The van der Waals surface area contributed by atoms with Gasteiger partial charge in [0.05, 0.1) is 0 Å². The van der Waals surface area contributed by atoms with Crippen molar-refractivity contribution in [3.05, 3.63) is 33.3 Å². The number of aryl methyl sites for hydroxylation is 1. The van der Waals surface area contributed by atoms with Gasteiger partial charge >= 0.3 is 0 Å². The monoisotopic (exact) mass is 438 g/mol. The van der Waals surface area contributed by atoms with E-state index in [-0.39, 0.29) is 15.9 Å². The van der Waals surface area contributed by atoms with E-state index >= 15 is 0 Å². The van der Waals surface area contributed by atoms with E-state index < -0.39 is 8.32 Å². The molecule has 0 aliphatic heterocycles. The summed E-state index contributed by atoms with van der Waals surface area (Å²) in [4.78, 5) is 0. The minimum atomic E-state index is -1.63. The van der Waals surface area contributed by atoms with Crippen LogP contribution in [0, 0.1) is 0 Å². The van der Waals surface area contributed by atoms with Crippen molar-refractivity contribution in [3.8, 4) is 0 Å². The summed E-state index contributed by atoms with van der Waals surface area (Å²) in [6.07, 6.45) is 4.70. The zero-order valence-corrected chi connectivity index (χ0v) is 21.1. The number of benzene rings is 1. The molecular formula is C23H39BrOSi. The van der Waals surface area contributed by atoms with Crippen molar-refractivity contribution in [1.29, 1.82) is 0 Å². The van der Waals surface area contributed by atoms with Gasteiger partial charge in [0.25, 0.3) is 0 Å². The van der Waals surface area contributed by atoms with Gasteiger partial charge in [-0.3, -0.25) is 0 Å². The summed E-state index contributed by atoms with van der Waals surface area (Å²) in [5.41, 5.74) is 5.07. The highest BCUT2D eigenvalue weighted by Crippen LogP contribution is 2.47. The molecule has 0 bridgehead atoms. The molecule has 0 fully saturated rings. The van der Waals surface area contributed by atoms with Crippen LogP contribution in [0.25, 0.3) is 0 Å². The highest BCUT2D eigenvalue weighted by Gasteiger charge is 2.38. The largest absolute Gasteiger partial charge is 0.417 e. The Morgan fingerprint density at radius 1 is 1.00 bits per heavy atom. The Hall–Kier alpha value is -0.123. The van der Waals surface area contributed by atoms with Crippen molar-refractivity contribution in [3.63, 3.8) is 0 Å². The predicted molar refractivity (Wildman–Crippen MR) is 121 cm³/mol. The molecule has 0 heterocycles. The molecule has 0 saturated heterocycles. The second-order valence-electron chi connectivity index (χ2n) is 11.0. The van der Waals surface area contributed by atoms with Crippen LogP contribution in [-0.2, 0) is 21.7 Å². The lowest BCUT2D eigenvalue weighted by Crippen LogP contribution is -2.41. The van der Waals surface area contributed by atoms with E-state index in [1.54, 1.807) is 5.56 Å². The minimum absolute atomic E-state index is 0.275. The van der Waals surface area contributed by atoms with Crippen molar-refractivity contribution in [2.24, 2.45) is 0 Å². The third-order valence-corrected chi connectivity index (χ3v) is 12.2. The van der Waals surface area contributed by atoms with Gasteiger partial charge in [-0.05, 0) is 77.4 Å². The molecule has 0 N–H and O–H groups in total. The van der Waals surface area contributed by atoms with Gasteiger partial charge in [-0.2, -0.15) is 0 Å². The van der Waals surface area contributed by atoms with Crippen LogP contribution in [0.3, 0.4) is 0 Å². The average molecular weight is 440 g/mol. The smallest absolute Gasteiger partial charge is 0.191 e. The van der Waals surface area contributed by atoms with E-state index in [9.17, 15) is 0 Å². The molecule has 148 valence electrons. The van der Waals surface area contributed by atoms with Crippen molar-refractivity contribution in [2.45, 2.75) is 103 Å². The first-order valence-corrected chi connectivity index (χ1v) is 13.8. The highest BCUT2D eigenvalue weighted by molar-refractivity contribution is 9.10. The maximum absolute atomic E-state index is 6.37. The summed E-state index contributed by atoms with van der Waals surface area (Å²) in [6.45, 7) is 22.1. The molecule has 0 saturated carbocycles. The lowest BCUT2D eigenvalue weighted by atomic mass is 9.63. The molecule has 2 rings (SSSR count). The fraction of sp³-hybridized carbons (Fsp3) is 0.739. The Morgan fingerprint density at radius 2 is 1.50 bits per heavy atom. The summed E-state index contributed by atoms with van der Waals surface area (Å²) >= 11 is 3.86. The fourth-order valence-corrected chi connectivity index (χ4v) is 5.26. The Morgan fingerprint density at radius 3 is 2.00 bits per heavy atom. The van der Waals surface area contributed by atoms with Crippen molar-refractivity contribution in [2.75, 3.05) is 6.61 Å². The fourth-order valence-electron chi connectivity index (χ4n) is 3.63. The molecule has 1 aromatic carbocycles. The van der Waals surface area contributed by atoms with Crippen molar-refractivity contribution < 1.29 is 4.43 Å². The third-order valence-electron chi connectivity index (χ3n) is 6.88. The zero-order chi connectivity index (χ0) is 20.0. The minimum Gasteiger partial charge on any atom is -0.417 e. The molecule has 3 heteroatoms.